The maximum Gasteiger partial charge on any atom is 0.338 e. The van der Waals surface area contributed by atoms with Crippen LogP contribution < -0.4 is 14.8 Å². The topological polar surface area (TPSA) is 73.9 Å². The highest BCUT2D eigenvalue weighted by Gasteiger charge is 2.20. The molecule has 1 heterocycles. The summed E-state index contributed by atoms with van der Waals surface area (Å²) in [5, 5.41) is 4.73. The van der Waals surface area contributed by atoms with E-state index in [4.69, 9.17) is 14.2 Å². The highest BCUT2D eigenvalue weighted by Crippen LogP contribution is 2.29. The Kier molecular flexibility index (Phi) is 7.61. The van der Waals surface area contributed by atoms with E-state index in [0.717, 1.165) is 10.4 Å². The average Bonchev–Trinajstić information content (AvgIpc) is 3.31. The highest BCUT2D eigenvalue weighted by atomic mass is 32.1. The van der Waals surface area contributed by atoms with Crippen molar-refractivity contribution < 1.29 is 28.2 Å². The zero-order valence-electron chi connectivity index (χ0n) is 17.1. The van der Waals surface area contributed by atoms with Crippen molar-refractivity contribution in [1.29, 1.82) is 0 Å². The van der Waals surface area contributed by atoms with Crippen LogP contribution >= 0.6 is 11.3 Å². The van der Waals surface area contributed by atoms with E-state index in [1.807, 2.05) is 24.4 Å². The van der Waals surface area contributed by atoms with Gasteiger partial charge in [0.25, 0.3) is 5.91 Å². The van der Waals surface area contributed by atoms with Gasteiger partial charge < -0.3 is 19.5 Å². The molecule has 0 saturated heterocycles. The molecule has 0 bridgehead atoms. The van der Waals surface area contributed by atoms with E-state index in [1.54, 1.807) is 18.2 Å². The van der Waals surface area contributed by atoms with Gasteiger partial charge in [0.15, 0.2) is 18.1 Å². The molecule has 8 heteroatoms. The van der Waals surface area contributed by atoms with Gasteiger partial charge in [-0.1, -0.05) is 18.2 Å². The van der Waals surface area contributed by atoms with Crippen molar-refractivity contribution in [2.75, 3.05) is 20.3 Å². The van der Waals surface area contributed by atoms with Crippen molar-refractivity contribution >= 4 is 23.2 Å². The van der Waals surface area contributed by atoms with Gasteiger partial charge in [0.1, 0.15) is 5.82 Å². The van der Waals surface area contributed by atoms with Crippen LogP contribution in [0.5, 0.6) is 11.5 Å². The van der Waals surface area contributed by atoms with Gasteiger partial charge in [-0.2, -0.15) is 0 Å². The number of esters is 1. The fourth-order valence-electron chi connectivity index (χ4n) is 2.92. The van der Waals surface area contributed by atoms with Crippen molar-refractivity contribution in [3.05, 3.63) is 81.8 Å². The molecule has 1 atom stereocenters. The predicted molar refractivity (Wildman–Crippen MR) is 115 cm³/mol. The minimum absolute atomic E-state index is 0.241. The van der Waals surface area contributed by atoms with Crippen LogP contribution in [0.3, 0.4) is 0 Å². The molecule has 0 aliphatic heterocycles. The molecule has 1 unspecified atom stereocenters. The summed E-state index contributed by atoms with van der Waals surface area (Å²) >= 11 is 1.46. The van der Waals surface area contributed by atoms with Crippen LogP contribution in [-0.4, -0.2) is 32.2 Å². The first-order valence-electron chi connectivity index (χ1n) is 9.58. The molecule has 3 aromatic rings. The lowest BCUT2D eigenvalue weighted by Gasteiger charge is -2.18. The summed E-state index contributed by atoms with van der Waals surface area (Å²) in [6.45, 7) is 1.77. The number of hydrogen-bond acceptors (Lipinski definition) is 6. The minimum Gasteiger partial charge on any atom is -0.493 e. The zero-order chi connectivity index (χ0) is 22.2. The lowest BCUT2D eigenvalue weighted by molar-refractivity contribution is -0.124. The number of amides is 1. The van der Waals surface area contributed by atoms with Gasteiger partial charge in [-0.3, -0.25) is 4.79 Å². The maximum atomic E-state index is 13.3. The Morgan fingerprint density at radius 2 is 1.87 bits per heavy atom. The lowest BCUT2D eigenvalue weighted by atomic mass is 10.1. The normalized spacial score (nSPS) is 11.5. The van der Waals surface area contributed by atoms with E-state index in [-0.39, 0.29) is 11.4 Å². The summed E-state index contributed by atoms with van der Waals surface area (Å²) in [6.07, 6.45) is 0. The minimum atomic E-state index is -0.659. The smallest absolute Gasteiger partial charge is 0.338 e. The molecule has 1 N–H and O–H groups in total. The van der Waals surface area contributed by atoms with Crippen molar-refractivity contribution in [3.8, 4) is 11.5 Å². The first kappa shape index (κ1) is 22.3. The monoisotopic (exact) mass is 443 g/mol. The molecule has 1 aromatic heterocycles. The molecule has 0 aliphatic carbocycles. The molecule has 6 nitrogen and oxygen atoms in total. The fraction of sp³-hybridized carbons (Fsp3) is 0.217. The Hall–Kier alpha value is -3.39. The van der Waals surface area contributed by atoms with Crippen LogP contribution in [0.1, 0.15) is 33.8 Å². The van der Waals surface area contributed by atoms with E-state index in [9.17, 15) is 14.0 Å². The summed E-state index contributed by atoms with van der Waals surface area (Å²) in [5.41, 5.74) is 0.963. The summed E-state index contributed by atoms with van der Waals surface area (Å²) < 4.78 is 29.1. The average molecular weight is 443 g/mol. The second-order valence-electron chi connectivity index (χ2n) is 6.44. The Morgan fingerprint density at radius 3 is 2.52 bits per heavy atom. The van der Waals surface area contributed by atoms with Crippen LogP contribution in [0.15, 0.2) is 60.0 Å². The third-order valence-electron chi connectivity index (χ3n) is 4.37. The summed E-state index contributed by atoms with van der Waals surface area (Å²) in [7, 11) is 1.51. The third-order valence-corrected chi connectivity index (χ3v) is 5.31. The number of thiophene rings is 1. The molecular formula is C23H22FNO5S. The molecule has 0 radical (unpaired) electrons. The molecule has 31 heavy (non-hydrogen) atoms. The molecule has 0 saturated carbocycles. The predicted octanol–water partition coefficient (Wildman–Crippen LogP) is 4.36. The van der Waals surface area contributed by atoms with Gasteiger partial charge in [0.05, 0.1) is 25.3 Å². The van der Waals surface area contributed by atoms with Gasteiger partial charge in [-0.15, -0.1) is 11.3 Å². The Morgan fingerprint density at radius 1 is 1.10 bits per heavy atom. The van der Waals surface area contributed by atoms with Gasteiger partial charge in [0, 0.05) is 4.88 Å². The van der Waals surface area contributed by atoms with Gasteiger partial charge in [0.2, 0.25) is 0 Å². The molecule has 0 fully saturated rings. The van der Waals surface area contributed by atoms with Crippen molar-refractivity contribution in [1.82, 2.24) is 5.32 Å². The molecule has 0 aliphatic rings. The number of carbonyl (C=O) groups excluding carboxylic acids is 2. The zero-order valence-corrected chi connectivity index (χ0v) is 17.9. The highest BCUT2D eigenvalue weighted by molar-refractivity contribution is 7.10. The molecule has 2 aromatic carbocycles. The summed E-state index contributed by atoms with van der Waals surface area (Å²) in [4.78, 5) is 25.8. The molecule has 3 rings (SSSR count). The van der Waals surface area contributed by atoms with Crippen LogP contribution in [0.4, 0.5) is 4.39 Å². The number of nitrogens with one attached hydrogen (secondary N) is 1. The first-order chi connectivity index (χ1) is 15.0. The SMILES string of the molecule is CCOc1cc(C(=O)OCC(=O)NC(c2ccc(F)cc2)c2cccs2)ccc1OC. The first-order valence-corrected chi connectivity index (χ1v) is 10.5. The second-order valence-corrected chi connectivity index (χ2v) is 7.42. The Balaban J connectivity index is 1.66. The number of ether oxygens (including phenoxy) is 3. The Labute approximate surface area is 183 Å². The van der Waals surface area contributed by atoms with E-state index < -0.39 is 24.5 Å². The van der Waals surface area contributed by atoms with Crippen LogP contribution in [0, 0.1) is 5.82 Å². The molecular weight excluding hydrogens is 421 g/mol. The van der Waals surface area contributed by atoms with Crippen LogP contribution in [0.2, 0.25) is 0 Å². The van der Waals surface area contributed by atoms with E-state index in [1.165, 1.54) is 42.7 Å². The van der Waals surface area contributed by atoms with E-state index >= 15 is 0 Å². The fourth-order valence-corrected chi connectivity index (χ4v) is 3.72. The number of rotatable bonds is 9. The second kappa shape index (κ2) is 10.6. The van der Waals surface area contributed by atoms with Crippen LogP contribution in [0.25, 0.3) is 0 Å². The summed E-state index contributed by atoms with van der Waals surface area (Å²) in [5.74, 6) is -0.588. The van der Waals surface area contributed by atoms with Gasteiger partial charge in [-0.25, -0.2) is 9.18 Å². The number of benzene rings is 2. The number of hydrogen-bond donors (Lipinski definition) is 1. The number of methoxy groups -OCH3 is 1. The van der Waals surface area contributed by atoms with Gasteiger partial charge >= 0.3 is 5.97 Å². The summed E-state index contributed by atoms with van der Waals surface area (Å²) in [6, 6.07) is 13.8. The Bertz CT molecular complexity index is 1020. The van der Waals surface area contributed by atoms with Crippen molar-refractivity contribution in [2.45, 2.75) is 13.0 Å². The van der Waals surface area contributed by atoms with Gasteiger partial charge in [-0.05, 0) is 54.3 Å². The standard InChI is InChI=1S/C23H22FNO5S/c1-3-29-19-13-16(8-11-18(19)28-2)23(27)30-14-21(26)25-22(20-5-4-12-31-20)15-6-9-17(24)10-7-15/h4-13,22H,3,14H2,1-2H3,(H,25,26). The largest absolute Gasteiger partial charge is 0.493 e. The quantitative estimate of drug-likeness (QED) is 0.498. The van der Waals surface area contributed by atoms with Crippen LogP contribution in [-0.2, 0) is 9.53 Å². The maximum absolute atomic E-state index is 13.3. The molecule has 0 spiro atoms. The third kappa shape index (κ3) is 5.82. The molecule has 1 amide bonds. The van der Waals surface area contributed by atoms with E-state index in [2.05, 4.69) is 5.32 Å². The number of halogens is 1. The van der Waals surface area contributed by atoms with Crippen molar-refractivity contribution in [3.63, 3.8) is 0 Å². The molecule has 162 valence electrons. The lowest BCUT2D eigenvalue weighted by Crippen LogP contribution is -2.32. The van der Waals surface area contributed by atoms with E-state index in [0.29, 0.717) is 18.1 Å². The number of carbonyl (C=O) groups is 2. The van der Waals surface area contributed by atoms with Crippen molar-refractivity contribution in [2.24, 2.45) is 0 Å².